The van der Waals surface area contributed by atoms with Crippen LogP contribution in [-0.2, 0) is 11.3 Å². The van der Waals surface area contributed by atoms with Gasteiger partial charge in [0.05, 0.1) is 28.2 Å². The summed E-state index contributed by atoms with van der Waals surface area (Å²) in [5.74, 6) is -1.69. The lowest BCUT2D eigenvalue weighted by Crippen LogP contribution is -2.32. The van der Waals surface area contributed by atoms with Gasteiger partial charge in [-0.15, -0.1) is 0 Å². The van der Waals surface area contributed by atoms with E-state index in [0.29, 0.717) is 22.0 Å². The Morgan fingerprint density at radius 2 is 1.69 bits per heavy atom. The van der Waals surface area contributed by atoms with Crippen LogP contribution < -0.4 is 16.4 Å². The van der Waals surface area contributed by atoms with E-state index >= 15 is 0 Å². The van der Waals surface area contributed by atoms with E-state index in [1.807, 2.05) is 0 Å². The van der Waals surface area contributed by atoms with Gasteiger partial charge in [-0.25, -0.2) is 18.9 Å². The largest absolute Gasteiger partial charge is 0.463 e. The molecule has 2 aromatic heterocycles. The summed E-state index contributed by atoms with van der Waals surface area (Å²) in [7, 11) is 0. The molecular weight excluding hydrogens is 470 g/mol. The average molecular weight is 486 g/mol. The third kappa shape index (κ3) is 4.39. The molecule has 2 heterocycles. The molecule has 8 nitrogen and oxygen atoms in total. The molecule has 1 amide bonds. The molecular formula is C26H16F2N4O4. The lowest BCUT2D eigenvalue weighted by molar-refractivity contribution is -0.121. The summed E-state index contributed by atoms with van der Waals surface area (Å²) in [5, 5.41) is 9.01. The zero-order valence-electron chi connectivity index (χ0n) is 18.4. The molecule has 1 N–H and O–H groups in total. The fourth-order valence-electron chi connectivity index (χ4n) is 3.72. The predicted molar refractivity (Wildman–Crippen MR) is 130 cm³/mol. The van der Waals surface area contributed by atoms with Crippen LogP contribution in [0.2, 0.25) is 0 Å². The monoisotopic (exact) mass is 486 g/mol. The van der Waals surface area contributed by atoms with Crippen LogP contribution in [0.5, 0.6) is 0 Å². The van der Waals surface area contributed by atoms with Gasteiger partial charge in [0.1, 0.15) is 30.0 Å². The Balaban J connectivity index is 1.41. The molecule has 10 heteroatoms. The zero-order valence-corrected chi connectivity index (χ0v) is 18.4. The molecule has 0 fully saturated rings. The summed E-state index contributed by atoms with van der Waals surface area (Å²) in [6.07, 6.45) is 2.21. The molecule has 0 aliphatic heterocycles. The standard InChI is InChI=1S/C26H16F2N4O4/c27-17-7-5-15(6-8-17)24-19-3-1-2-4-20(19)26(35)32(31-24)13-23(33)30-29-12-16-14-36-22-10-9-18(28)11-21(22)25(16)34/h1-12,14H,13H2,(H,30,33)/b29-12+. The highest BCUT2D eigenvalue weighted by atomic mass is 19.1. The van der Waals surface area contributed by atoms with E-state index in [-0.39, 0.29) is 16.5 Å². The number of hydrazone groups is 1. The number of hydrogen-bond acceptors (Lipinski definition) is 6. The maximum Gasteiger partial charge on any atom is 0.275 e. The van der Waals surface area contributed by atoms with Gasteiger partial charge in [0.25, 0.3) is 11.5 Å². The first-order chi connectivity index (χ1) is 17.4. The fourth-order valence-corrected chi connectivity index (χ4v) is 3.72. The number of rotatable bonds is 5. The number of nitrogens with zero attached hydrogens (tertiary/aromatic N) is 3. The van der Waals surface area contributed by atoms with Crippen LogP contribution in [0.3, 0.4) is 0 Å². The lowest BCUT2D eigenvalue weighted by Gasteiger charge is -2.10. The van der Waals surface area contributed by atoms with Crippen LogP contribution in [0, 0.1) is 11.6 Å². The summed E-state index contributed by atoms with van der Waals surface area (Å²) in [4.78, 5) is 37.9. The number of fused-ring (bicyclic) bond motifs is 2. The Morgan fingerprint density at radius 3 is 2.47 bits per heavy atom. The van der Waals surface area contributed by atoms with Gasteiger partial charge < -0.3 is 4.42 Å². The number of nitrogens with one attached hydrogen (secondary N) is 1. The van der Waals surface area contributed by atoms with E-state index in [4.69, 9.17) is 4.42 Å². The second-order valence-corrected chi connectivity index (χ2v) is 7.82. The van der Waals surface area contributed by atoms with E-state index in [9.17, 15) is 23.2 Å². The lowest BCUT2D eigenvalue weighted by atomic mass is 10.1. The van der Waals surface area contributed by atoms with Gasteiger partial charge in [-0.2, -0.15) is 10.2 Å². The number of hydrogen-bond donors (Lipinski definition) is 1. The minimum absolute atomic E-state index is 0.00649. The molecule has 0 unspecified atom stereocenters. The highest BCUT2D eigenvalue weighted by Crippen LogP contribution is 2.24. The van der Waals surface area contributed by atoms with Crippen LogP contribution >= 0.6 is 0 Å². The maximum absolute atomic E-state index is 13.5. The Morgan fingerprint density at radius 1 is 0.972 bits per heavy atom. The number of amides is 1. The van der Waals surface area contributed by atoms with Crippen LogP contribution in [0.15, 0.2) is 92.1 Å². The highest BCUT2D eigenvalue weighted by Gasteiger charge is 2.14. The number of aromatic nitrogens is 2. The Bertz CT molecular complexity index is 1780. The highest BCUT2D eigenvalue weighted by molar-refractivity contribution is 5.94. The Hall–Kier alpha value is -4.99. The number of halogens is 2. The smallest absolute Gasteiger partial charge is 0.275 e. The van der Waals surface area contributed by atoms with Crippen LogP contribution in [0.4, 0.5) is 8.78 Å². The summed E-state index contributed by atoms with van der Waals surface area (Å²) in [5.41, 5.74) is 2.40. The van der Waals surface area contributed by atoms with Crippen molar-refractivity contribution in [2.75, 3.05) is 0 Å². The molecule has 0 radical (unpaired) electrons. The van der Waals surface area contributed by atoms with Gasteiger partial charge in [-0.3, -0.25) is 14.4 Å². The van der Waals surface area contributed by atoms with Gasteiger partial charge in [-0.1, -0.05) is 18.2 Å². The normalized spacial score (nSPS) is 11.4. The first kappa shape index (κ1) is 22.8. The molecule has 5 rings (SSSR count). The third-order valence-electron chi connectivity index (χ3n) is 5.43. The van der Waals surface area contributed by atoms with Gasteiger partial charge in [-0.05, 0) is 48.5 Å². The quantitative estimate of drug-likeness (QED) is 0.302. The molecule has 0 aliphatic carbocycles. The third-order valence-corrected chi connectivity index (χ3v) is 5.43. The van der Waals surface area contributed by atoms with Crippen molar-refractivity contribution >= 4 is 33.9 Å². The minimum Gasteiger partial charge on any atom is -0.463 e. The second kappa shape index (κ2) is 9.34. The van der Waals surface area contributed by atoms with E-state index in [1.54, 1.807) is 24.3 Å². The van der Waals surface area contributed by atoms with Crippen LogP contribution in [0.1, 0.15) is 5.56 Å². The summed E-state index contributed by atoms with van der Waals surface area (Å²) < 4.78 is 33.2. The predicted octanol–water partition coefficient (Wildman–Crippen LogP) is 3.60. The number of benzene rings is 3. The van der Waals surface area contributed by atoms with Crippen molar-refractivity contribution in [3.8, 4) is 11.3 Å². The SMILES string of the molecule is O=C(Cn1nc(-c2ccc(F)cc2)c2ccccc2c1=O)N/N=C/c1coc2ccc(F)cc2c1=O. The van der Waals surface area contributed by atoms with Crippen molar-refractivity contribution in [1.29, 1.82) is 0 Å². The van der Waals surface area contributed by atoms with E-state index in [1.165, 1.54) is 36.4 Å². The van der Waals surface area contributed by atoms with Crippen molar-refractivity contribution in [3.63, 3.8) is 0 Å². The average Bonchev–Trinajstić information content (AvgIpc) is 2.88. The molecule has 5 aromatic rings. The molecule has 0 aliphatic rings. The molecule has 3 aromatic carbocycles. The van der Waals surface area contributed by atoms with Gasteiger partial charge in [0.15, 0.2) is 0 Å². The molecule has 0 atom stereocenters. The van der Waals surface area contributed by atoms with E-state index in [2.05, 4.69) is 15.6 Å². The summed E-state index contributed by atoms with van der Waals surface area (Å²) in [6, 6.07) is 15.9. The molecule has 0 saturated carbocycles. The van der Waals surface area contributed by atoms with Crippen molar-refractivity contribution in [2.24, 2.45) is 5.10 Å². The van der Waals surface area contributed by atoms with E-state index < -0.39 is 35.1 Å². The van der Waals surface area contributed by atoms with E-state index in [0.717, 1.165) is 23.2 Å². The molecule has 178 valence electrons. The number of carbonyl (C=O) groups is 1. The topological polar surface area (TPSA) is 107 Å². The van der Waals surface area contributed by atoms with Crippen LogP contribution in [-0.4, -0.2) is 21.9 Å². The van der Waals surface area contributed by atoms with Gasteiger partial charge in [0, 0.05) is 10.9 Å². The minimum atomic E-state index is -0.683. The fraction of sp³-hybridized carbons (Fsp3) is 0.0385. The molecule has 0 saturated heterocycles. The molecule has 0 spiro atoms. The maximum atomic E-state index is 13.5. The van der Waals surface area contributed by atoms with Crippen molar-refractivity contribution in [1.82, 2.24) is 15.2 Å². The Labute approximate surface area is 201 Å². The van der Waals surface area contributed by atoms with Gasteiger partial charge in [0.2, 0.25) is 5.43 Å². The van der Waals surface area contributed by atoms with Crippen molar-refractivity contribution in [2.45, 2.75) is 6.54 Å². The zero-order chi connectivity index (χ0) is 25.2. The van der Waals surface area contributed by atoms with Crippen molar-refractivity contribution < 1.29 is 18.0 Å². The first-order valence-corrected chi connectivity index (χ1v) is 10.7. The molecule has 0 bridgehead atoms. The second-order valence-electron chi connectivity index (χ2n) is 7.82. The summed E-state index contributed by atoms with van der Waals surface area (Å²) >= 11 is 0. The summed E-state index contributed by atoms with van der Waals surface area (Å²) in [6.45, 7) is -0.466. The number of carbonyl (C=O) groups excluding carboxylic acids is 1. The van der Waals surface area contributed by atoms with Crippen LogP contribution in [0.25, 0.3) is 33.0 Å². The first-order valence-electron chi connectivity index (χ1n) is 10.7. The van der Waals surface area contributed by atoms with Gasteiger partial charge >= 0.3 is 0 Å². The Kier molecular flexibility index (Phi) is 5.91. The molecule has 36 heavy (non-hydrogen) atoms. The van der Waals surface area contributed by atoms with Crippen molar-refractivity contribution in [3.05, 3.63) is 111 Å².